The maximum atomic E-state index is 5.25. The summed E-state index contributed by atoms with van der Waals surface area (Å²) in [7, 11) is 1.68. The van der Waals surface area contributed by atoms with Crippen molar-refractivity contribution in [2.45, 2.75) is 6.42 Å². The fraction of sp³-hybridized carbons (Fsp3) is 0.118. The lowest BCUT2D eigenvalue weighted by Crippen LogP contribution is -1.87. The molecule has 0 saturated carbocycles. The van der Waals surface area contributed by atoms with E-state index in [1.165, 1.54) is 5.56 Å². The highest BCUT2D eigenvalue weighted by atomic mass is 32.1. The van der Waals surface area contributed by atoms with Crippen molar-refractivity contribution >= 4 is 11.3 Å². The van der Waals surface area contributed by atoms with Crippen molar-refractivity contribution in [3.05, 3.63) is 70.5 Å². The van der Waals surface area contributed by atoms with E-state index in [0.717, 1.165) is 28.4 Å². The summed E-state index contributed by atoms with van der Waals surface area (Å²) in [5.74, 6) is 0.861. The molecule has 2 nitrogen and oxygen atoms in total. The van der Waals surface area contributed by atoms with Gasteiger partial charge in [0.25, 0.3) is 0 Å². The fourth-order valence-corrected chi connectivity index (χ4v) is 2.92. The van der Waals surface area contributed by atoms with Gasteiger partial charge in [-0.25, -0.2) is 4.98 Å². The predicted octanol–water partition coefficient (Wildman–Crippen LogP) is 4.41. The standard InChI is InChI=1S/C17H15NOS/c1-19-15-9-5-8-14(11-15)16-12-20-17(18-16)10-13-6-3-2-4-7-13/h2-9,11-12H,10H2,1H3. The molecule has 2 aromatic carbocycles. The number of hydrogen-bond acceptors (Lipinski definition) is 3. The number of benzene rings is 2. The number of thiazole rings is 1. The lowest BCUT2D eigenvalue weighted by molar-refractivity contribution is 0.415. The Balaban J connectivity index is 1.83. The molecular weight excluding hydrogens is 266 g/mol. The van der Waals surface area contributed by atoms with Gasteiger partial charge in [0.2, 0.25) is 0 Å². The zero-order chi connectivity index (χ0) is 13.8. The maximum absolute atomic E-state index is 5.25. The van der Waals surface area contributed by atoms with Gasteiger partial charge in [-0.05, 0) is 17.7 Å². The van der Waals surface area contributed by atoms with Gasteiger partial charge in [-0.3, -0.25) is 0 Å². The summed E-state index contributed by atoms with van der Waals surface area (Å²) in [5.41, 5.74) is 3.40. The molecule has 3 heteroatoms. The smallest absolute Gasteiger partial charge is 0.119 e. The van der Waals surface area contributed by atoms with Crippen molar-refractivity contribution in [2.24, 2.45) is 0 Å². The molecule has 100 valence electrons. The summed E-state index contributed by atoms with van der Waals surface area (Å²) in [4.78, 5) is 4.71. The van der Waals surface area contributed by atoms with Crippen molar-refractivity contribution in [1.82, 2.24) is 4.98 Å². The molecule has 0 aliphatic carbocycles. The van der Waals surface area contributed by atoms with E-state index < -0.39 is 0 Å². The first-order chi connectivity index (χ1) is 9.85. The molecule has 0 amide bonds. The minimum atomic E-state index is 0.861. The van der Waals surface area contributed by atoms with Crippen LogP contribution in [0.5, 0.6) is 5.75 Å². The van der Waals surface area contributed by atoms with Crippen LogP contribution in [0.25, 0.3) is 11.3 Å². The summed E-state index contributed by atoms with van der Waals surface area (Å²) in [5, 5.41) is 3.24. The summed E-state index contributed by atoms with van der Waals surface area (Å²) < 4.78 is 5.25. The van der Waals surface area contributed by atoms with Crippen LogP contribution in [0.2, 0.25) is 0 Å². The van der Waals surface area contributed by atoms with Gasteiger partial charge in [0, 0.05) is 17.4 Å². The molecule has 0 bridgehead atoms. The molecule has 1 aromatic heterocycles. The van der Waals surface area contributed by atoms with Gasteiger partial charge in [0.05, 0.1) is 17.8 Å². The number of ether oxygens (including phenoxy) is 1. The minimum Gasteiger partial charge on any atom is -0.497 e. The van der Waals surface area contributed by atoms with Crippen LogP contribution in [0.1, 0.15) is 10.6 Å². The second kappa shape index (κ2) is 5.88. The van der Waals surface area contributed by atoms with E-state index in [1.54, 1.807) is 18.4 Å². The highest BCUT2D eigenvalue weighted by Gasteiger charge is 2.06. The Kier molecular flexibility index (Phi) is 3.79. The Morgan fingerprint density at radius 1 is 1.05 bits per heavy atom. The molecule has 20 heavy (non-hydrogen) atoms. The average molecular weight is 281 g/mol. The molecular formula is C17H15NOS. The quantitative estimate of drug-likeness (QED) is 0.706. The molecule has 3 aromatic rings. The molecule has 0 unspecified atom stereocenters. The Morgan fingerprint density at radius 3 is 2.70 bits per heavy atom. The Labute approximate surface area is 122 Å². The van der Waals surface area contributed by atoms with Crippen LogP contribution in [0.3, 0.4) is 0 Å². The lowest BCUT2D eigenvalue weighted by atomic mass is 10.1. The summed E-state index contributed by atoms with van der Waals surface area (Å²) in [6, 6.07) is 18.4. The zero-order valence-corrected chi connectivity index (χ0v) is 12.1. The molecule has 0 N–H and O–H groups in total. The van der Waals surface area contributed by atoms with E-state index in [-0.39, 0.29) is 0 Å². The predicted molar refractivity (Wildman–Crippen MR) is 83.4 cm³/mol. The van der Waals surface area contributed by atoms with Crippen molar-refractivity contribution < 1.29 is 4.74 Å². The van der Waals surface area contributed by atoms with Gasteiger partial charge in [0.15, 0.2) is 0 Å². The van der Waals surface area contributed by atoms with Gasteiger partial charge >= 0.3 is 0 Å². The molecule has 3 rings (SSSR count). The minimum absolute atomic E-state index is 0.861. The molecule has 0 fully saturated rings. The van der Waals surface area contributed by atoms with Crippen molar-refractivity contribution in [3.63, 3.8) is 0 Å². The van der Waals surface area contributed by atoms with Crippen LogP contribution in [-0.2, 0) is 6.42 Å². The summed E-state index contributed by atoms with van der Waals surface area (Å²) >= 11 is 1.70. The SMILES string of the molecule is COc1cccc(-c2csc(Cc3ccccc3)n2)c1. The Bertz CT molecular complexity index is 691. The number of methoxy groups -OCH3 is 1. The van der Waals surface area contributed by atoms with Gasteiger partial charge in [0.1, 0.15) is 5.75 Å². The van der Waals surface area contributed by atoms with Crippen LogP contribution in [0.4, 0.5) is 0 Å². The van der Waals surface area contributed by atoms with Crippen LogP contribution in [0, 0.1) is 0 Å². The molecule has 0 saturated heterocycles. The molecule has 0 aliphatic heterocycles. The van der Waals surface area contributed by atoms with Crippen molar-refractivity contribution in [3.8, 4) is 17.0 Å². The van der Waals surface area contributed by atoms with Crippen LogP contribution >= 0.6 is 11.3 Å². The van der Waals surface area contributed by atoms with E-state index in [9.17, 15) is 0 Å². The van der Waals surface area contributed by atoms with Gasteiger partial charge in [-0.2, -0.15) is 0 Å². The van der Waals surface area contributed by atoms with Gasteiger partial charge < -0.3 is 4.74 Å². The third-order valence-electron chi connectivity index (χ3n) is 3.12. The topological polar surface area (TPSA) is 22.1 Å². The average Bonchev–Trinajstić information content (AvgIpc) is 2.97. The molecule has 1 heterocycles. The number of aromatic nitrogens is 1. The van der Waals surface area contributed by atoms with Crippen LogP contribution in [-0.4, -0.2) is 12.1 Å². The van der Waals surface area contributed by atoms with E-state index in [4.69, 9.17) is 9.72 Å². The van der Waals surface area contributed by atoms with E-state index in [1.807, 2.05) is 24.3 Å². The number of hydrogen-bond donors (Lipinski definition) is 0. The maximum Gasteiger partial charge on any atom is 0.119 e. The first-order valence-electron chi connectivity index (χ1n) is 6.48. The molecule has 0 radical (unpaired) electrons. The van der Waals surface area contributed by atoms with Crippen LogP contribution < -0.4 is 4.74 Å². The van der Waals surface area contributed by atoms with Crippen molar-refractivity contribution in [2.75, 3.05) is 7.11 Å². The monoisotopic (exact) mass is 281 g/mol. The third kappa shape index (κ3) is 2.89. The normalized spacial score (nSPS) is 10.4. The second-order valence-electron chi connectivity index (χ2n) is 4.52. The van der Waals surface area contributed by atoms with Gasteiger partial charge in [-0.1, -0.05) is 42.5 Å². The van der Waals surface area contributed by atoms with Gasteiger partial charge in [-0.15, -0.1) is 11.3 Å². The highest BCUT2D eigenvalue weighted by molar-refractivity contribution is 7.10. The summed E-state index contributed by atoms with van der Waals surface area (Å²) in [6.07, 6.45) is 0.884. The molecule has 0 spiro atoms. The first kappa shape index (κ1) is 12.9. The first-order valence-corrected chi connectivity index (χ1v) is 7.36. The third-order valence-corrected chi connectivity index (χ3v) is 3.96. The lowest BCUT2D eigenvalue weighted by Gasteiger charge is -2.01. The van der Waals surface area contributed by atoms with E-state index in [2.05, 4.69) is 35.7 Å². The van der Waals surface area contributed by atoms with Crippen LogP contribution in [0.15, 0.2) is 60.0 Å². The largest absolute Gasteiger partial charge is 0.497 e. The number of rotatable bonds is 4. The highest BCUT2D eigenvalue weighted by Crippen LogP contribution is 2.26. The Hall–Kier alpha value is -2.13. The summed E-state index contributed by atoms with van der Waals surface area (Å²) in [6.45, 7) is 0. The Morgan fingerprint density at radius 2 is 1.90 bits per heavy atom. The second-order valence-corrected chi connectivity index (χ2v) is 5.46. The zero-order valence-electron chi connectivity index (χ0n) is 11.2. The molecule has 0 aliphatic rings. The molecule has 0 atom stereocenters. The fourth-order valence-electron chi connectivity index (χ4n) is 2.08. The number of nitrogens with zero attached hydrogens (tertiary/aromatic N) is 1. The van der Waals surface area contributed by atoms with E-state index >= 15 is 0 Å². The van der Waals surface area contributed by atoms with Crippen molar-refractivity contribution in [1.29, 1.82) is 0 Å². The van der Waals surface area contributed by atoms with E-state index in [0.29, 0.717) is 0 Å².